The molecule has 3 rings (SSSR count). The summed E-state index contributed by atoms with van der Waals surface area (Å²) >= 11 is 3.33. The molecule has 3 aromatic rings. The number of rotatable bonds is 2. The van der Waals surface area contributed by atoms with Gasteiger partial charge in [-0.15, -0.1) is 0 Å². The fraction of sp³-hybridized carbons (Fsp3) is 0.143. The van der Waals surface area contributed by atoms with Crippen molar-refractivity contribution in [2.75, 3.05) is 0 Å². The first-order valence-electron chi connectivity index (χ1n) is 6.11. The highest BCUT2D eigenvalue weighted by Gasteiger charge is 2.32. The minimum absolute atomic E-state index is 0.178. The number of halogens is 4. The molecule has 8 heteroatoms. The second-order valence-corrected chi connectivity index (χ2v) is 5.29. The molecule has 0 spiro atoms. The van der Waals surface area contributed by atoms with E-state index in [-0.39, 0.29) is 5.75 Å². The van der Waals surface area contributed by atoms with Crippen LogP contribution in [0.2, 0.25) is 0 Å². The van der Waals surface area contributed by atoms with Crippen LogP contribution in [0.25, 0.3) is 11.1 Å². The zero-order chi connectivity index (χ0) is 15.9. The summed E-state index contributed by atoms with van der Waals surface area (Å²) in [6.07, 6.45) is -3.46. The molecule has 0 aliphatic rings. The Balaban J connectivity index is 1.95. The van der Waals surface area contributed by atoms with Crippen molar-refractivity contribution in [3.63, 3.8) is 0 Å². The monoisotopic (exact) mass is 372 g/mol. The minimum Gasteiger partial charge on any atom is -0.453 e. The van der Waals surface area contributed by atoms with Crippen LogP contribution in [0.15, 0.2) is 39.4 Å². The van der Waals surface area contributed by atoms with E-state index in [1.54, 1.807) is 19.1 Å². The van der Waals surface area contributed by atoms with E-state index in [1.807, 2.05) is 0 Å². The number of aryl methyl sites for hydroxylation is 1. The van der Waals surface area contributed by atoms with Gasteiger partial charge in [-0.3, -0.25) is 0 Å². The first-order valence-corrected chi connectivity index (χ1v) is 6.90. The van der Waals surface area contributed by atoms with Gasteiger partial charge in [0.2, 0.25) is 0 Å². The molecule has 0 unspecified atom stereocenters. The number of hydrogen-bond acceptors (Lipinski definition) is 4. The smallest absolute Gasteiger partial charge is 0.433 e. The largest absolute Gasteiger partial charge is 0.453 e. The quantitative estimate of drug-likeness (QED) is 0.627. The number of nitrogens with zero attached hydrogens (tertiary/aromatic N) is 2. The van der Waals surface area contributed by atoms with Gasteiger partial charge in [-0.05, 0) is 40.2 Å². The normalized spacial score (nSPS) is 11.9. The standard InChI is InChI=1S/C14H8BrF3N2O2/c1-7-20-12-10(4-3-9(15)13(12)21-7)22-8-2-5-11(19-6-8)14(16,17)18/h2-6H,1H3. The molecule has 0 aliphatic heterocycles. The topological polar surface area (TPSA) is 48.2 Å². The maximum atomic E-state index is 12.5. The van der Waals surface area contributed by atoms with E-state index >= 15 is 0 Å². The predicted octanol–water partition coefficient (Wildman–Crippen LogP) is 5.10. The molecule has 0 fully saturated rings. The number of ether oxygens (including phenoxy) is 1. The summed E-state index contributed by atoms with van der Waals surface area (Å²) in [6, 6.07) is 5.42. The van der Waals surface area contributed by atoms with Crippen LogP contribution in [0.5, 0.6) is 11.5 Å². The molecule has 0 atom stereocenters. The van der Waals surface area contributed by atoms with E-state index in [0.717, 1.165) is 12.3 Å². The van der Waals surface area contributed by atoms with Crippen molar-refractivity contribution >= 4 is 27.0 Å². The number of fused-ring (bicyclic) bond motifs is 1. The Morgan fingerprint density at radius 1 is 1.18 bits per heavy atom. The van der Waals surface area contributed by atoms with E-state index in [9.17, 15) is 13.2 Å². The first kappa shape index (κ1) is 14.8. The Kier molecular flexibility index (Phi) is 3.56. The molecule has 0 saturated heterocycles. The highest BCUT2D eigenvalue weighted by atomic mass is 79.9. The van der Waals surface area contributed by atoms with Crippen LogP contribution in [0.3, 0.4) is 0 Å². The Labute approximate surface area is 131 Å². The Hall–Kier alpha value is -2.09. The summed E-state index contributed by atoms with van der Waals surface area (Å²) in [5.41, 5.74) is 0.0136. The third kappa shape index (κ3) is 2.78. The minimum atomic E-state index is -4.48. The predicted molar refractivity (Wildman–Crippen MR) is 75.8 cm³/mol. The highest BCUT2D eigenvalue weighted by Crippen LogP contribution is 2.35. The zero-order valence-electron chi connectivity index (χ0n) is 11.1. The second kappa shape index (κ2) is 5.28. The van der Waals surface area contributed by atoms with Gasteiger partial charge >= 0.3 is 6.18 Å². The number of aromatic nitrogens is 2. The third-order valence-electron chi connectivity index (χ3n) is 2.82. The molecule has 0 N–H and O–H groups in total. The number of alkyl halides is 3. The number of pyridine rings is 1. The molecule has 0 amide bonds. The van der Waals surface area contributed by atoms with Gasteiger partial charge in [0.1, 0.15) is 11.4 Å². The van der Waals surface area contributed by atoms with Crippen LogP contribution in [0.4, 0.5) is 13.2 Å². The van der Waals surface area contributed by atoms with Crippen LogP contribution in [0.1, 0.15) is 11.6 Å². The van der Waals surface area contributed by atoms with Gasteiger partial charge in [-0.1, -0.05) is 0 Å². The summed E-state index contributed by atoms with van der Waals surface area (Å²) in [5, 5.41) is 0. The van der Waals surface area contributed by atoms with Crippen LogP contribution in [0, 0.1) is 6.92 Å². The maximum Gasteiger partial charge on any atom is 0.433 e. The van der Waals surface area contributed by atoms with Crippen molar-refractivity contribution in [2.24, 2.45) is 0 Å². The number of oxazole rings is 1. The van der Waals surface area contributed by atoms with Crippen molar-refractivity contribution < 1.29 is 22.3 Å². The average Bonchev–Trinajstić information content (AvgIpc) is 2.84. The van der Waals surface area contributed by atoms with Gasteiger partial charge < -0.3 is 9.15 Å². The molecule has 0 radical (unpaired) electrons. The van der Waals surface area contributed by atoms with Crippen LogP contribution in [-0.2, 0) is 6.18 Å². The molecule has 2 heterocycles. The molecule has 114 valence electrons. The lowest BCUT2D eigenvalue weighted by molar-refractivity contribution is -0.141. The molecular formula is C14H8BrF3N2O2. The third-order valence-corrected chi connectivity index (χ3v) is 3.44. The molecule has 22 heavy (non-hydrogen) atoms. The molecule has 0 saturated carbocycles. The summed E-state index contributed by atoms with van der Waals surface area (Å²) in [6.45, 7) is 1.69. The van der Waals surface area contributed by atoms with Crippen molar-refractivity contribution in [3.05, 3.63) is 46.5 Å². The highest BCUT2D eigenvalue weighted by molar-refractivity contribution is 9.10. The maximum absolute atomic E-state index is 12.5. The van der Waals surface area contributed by atoms with Crippen molar-refractivity contribution in [1.29, 1.82) is 0 Å². The SMILES string of the molecule is Cc1nc2c(Oc3ccc(C(F)(F)F)nc3)ccc(Br)c2o1. The first-order chi connectivity index (χ1) is 10.3. The Morgan fingerprint density at radius 3 is 2.59 bits per heavy atom. The van der Waals surface area contributed by atoms with Crippen LogP contribution >= 0.6 is 15.9 Å². The average molecular weight is 373 g/mol. The number of hydrogen-bond donors (Lipinski definition) is 0. The fourth-order valence-electron chi connectivity index (χ4n) is 1.88. The number of benzene rings is 1. The molecule has 2 aromatic heterocycles. The van der Waals surface area contributed by atoms with Crippen molar-refractivity contribution in [2.45, 2.75) is 13.1 Å². The van der Waals surface area contributed by atoms with Gasteiger partial charge in [0.15, 0.2) is 22.7 Å². The van der Waals surface area contributed by atoms with Gasteiger partial charge in [-0.25, -0.2) is 9.97 Å². The molecule has 0 bridgehead atoms. The van der Waals surface area contributed by atoms with E-state index in [2.05, 4.69) is 25.9 Å². The lowest BCUT2D eigenvalue weighted by atomic mass is 10.3. The summed E-state index contributed by atoms with van der Waals surface area (Å²) in [7, 11) is 0. The second-order valence-electron chi connectivity index (χ2n) is 4.44. The van der Waals surface area contributed by atoms with Crippen molar-refractivity contribution in [1.82, 2.24) is 9.97 Å². The van der Waals surface area contributed by atoms with E-state index in [4.69, 9.17) is 9.15 Å². The van der Waals surface area contributed by atoms with Gasteiger partial charge in [0.25, 0.3) is 0 Å². The van der Waals surface area contributed by atoms with Crippen LogP contribution < -0.4 is 4.74 Å². The molecular weight excluding hydrogens is 365 g/mol. The summed E-state index contributed by atoms with van der Waals surface area (Å²) < 4.78 is 49.1. The van der Waals surface area contributed by atoms with Crippen LogP contribution in [-0.4, -0.2) is 9.97 Å². The molecule has 4 nitrogen and oxygen atoms in total. The molecule has 0 aliphatic carbocycles. The summed E-state index contributed by atoms with van der Waals surface area (Å²) in [4.78, 5) is 7.55. The fourth-order valence-corrected chi connectivity index (χ4v) is 2.28. The zero-order valence-corrected chi connectivity index (χ0v) is 12.7. The Bertz CT molecular complexity index is 828. The summed E-state index contributed by atoms with van der Waals surface area (Å²) in [5.74, 6) is 1.01. The lowest BCUT2D eigenvalue weighted by Crippen LogP contribution is -2.07. The lowest BCUT2D eigenvalue weighted by Gasteiger charge is -2.08. The van der Waals surface area contributed by atoms with Crippen molar-refractivity contribution in [3.8, 4) is 11.5 Å². The van der Waals surface area contributed by atoms with E-state index in [1.165, 1.54) is 6.07 Å². The van der Waals surface area contributed by atoms with E-state index in [0.29, 0.717) is 27.2 Å². The van der Waals surface area contributed by atoms with E-state index < -0.39 is 11.9 Å². The van der Waals surface area contributed by atoms with Gasteiger partial charge in [0.05, 0.1) is 10.7 Å². The van der Waals surface area contributed by atoms with Gasteiger partial charge in [0, 0.05) is 6.92 Å². The molecule has 1 aromatic carbocycles. The van der Waals surface area contributed by atoms with Gasteiger partial charge in [-0.2, -0.15) is 13.2 Å². The Morgan fingerprint density at radius 2 is 1.95 bits per heavy atom.